The lowest BCUT2D eigenvalue weighted by atomic mass is 10.00. The molecule has 1 aromatic carbocycles. The van der Waals surface area contributed by atoms with E-state index in [2.05, 4.69) is 47.1 Å². The van der Waals surface area contributed by atoms with Crippen molar-refractivity contribution in [3.05, 3.63) is 34.6 Å². The number of piperidine rings is 1. The number of esters is 1. The van der Waals surface area contributed by atoms with Crippen LogP contribution in [0.1, 0.15) is 51.3 Å². The molecule has 286 valence electrons. The number of fused-ring (bicyclic) bond motifs is 1. The lowest BCUT2D eigenvalue weighted by Crippen LogP contribution is -2.56. The van der Waals surface area contributed by atoms with Crippen molar-refractivity contribution in [3.8, 4) is 12.1 Å². The molecule has 1 aliphatic heterocycles. The van der Waals surface area contributed by atoms with Crippen LogP contribution in [0.5, 0.6) is 0 Å². The number of nitrogens with two attached hydrogens (primary N) is 3. The van der Waals surface area contributed by atoms with E-state index >= 15 is 0 Å². The third-order valence-corrected chi connectivity index (χ3v) is 8.57. The third-order valence-electron chi connectivity index (χ3n) is 8.17. The van der Waals surface area contributed by atoms with Crippen LogP contribution in [0.25, 0.3) is 5.65 Å². The Balaban J connectivity index is 1.63. The van der Waals surface area contributed by atoms with Gasteiger partial charge in [-0.25, -0.2) is 19.6 Å². The molecule has 1 fully saturated rings. The Kier molecular flexibility index (Phi) is 13.9. The van der Waals surface area contributed by atoms with Gasteiger partial charge in [-0.15, -0.1) is 5.10 Å². The lowest BCUT2D eigenvalue weighted by molar-refractivity contribution is -0.142. The minimum atomic E-state index is -1.01. The predicted molar refractivity (Wildman–Crippen MR) is 200 cm³/mol. The van der Waals surface area contributed by atoms with E-state index in [1.54, 1.807) is 24.8 Å². The Hall–Kier alpha value is -6.25. The predicted octanol–water partition coefficient (Wildman–Crippen LogP) is 1.55. The van der Waals surface area contributed by atoms with Gasteiger partial charge in [0, 0.05) is 25.6 Å². The molecule has 20 nitrogen and oxygen atoms in total. The second-order valence-corrected chi connectivity index (χ2v) is 12.7. The molecule has 0 aliphatic carbocycles. The van der Waals surface area contributed by atoms with Gasteiger partial charge in [0.1, 0.15) is 17.9 Å². The van der Waals surface area contributed by atoms with Crippen molar-refractivity contribution in [2.45, 2.75) is 58.2 Å². The first-order chi connectivity index (χ1) is 25.8. The van der Waals surface area contributed by atoms with E-state index in [0.717, 1.165) is 0 Å². The number of rotatable bonds is 14. The van der Waals surface area contributed by atoms with Gasteiger partial charge >= 0.3 is 12.1 Å². The number of guanidine groups is 1. The van der Waals surface area contributed by atoms with Gasteiger partial charge in [-0.1, -0.05) is 25.4 Å². The van der Waals surface area contributed by atoms with Crippen molar-refractivity contribution in [1.29, 1.82) is 10.5 Å². The van der Waals surface area contributed by atoms with Crippen LogP contribution >= 0.6 is 11.6 Å². The number of carbonyl (C=O) groups is 3. The number of carbonyl (C=O) groups excluding carboxylic acids is 3. The summed E-state index contributed by atoms with van der Waals surface area (Å²) in [6.45, 7) is 6.32. The molecule has 1 saturated heterocycles. The molecular formula is C33H42ClN15O5. The largest absolute Gasteiger partial charge is 0.454 e. The maximum atomic E-state index is 13.6. The van der Waals surface area contributed by atoms with Crippen molar-refractivity contribution in [2.24, 2.45) is 33.1 Å². The van der Waals surface area contributed by atoms with Gasteiger partial charge in [-0.3, -0.25) is 9.79 Å². The molecule has 1 unspecified atom stereocenters. The zero-order valence-corrected chi connectivity index (χ0v) is 30.9. The highest BCUT2D eigenvalue weighted by Crippen LogP contribution is 2.37. The lowest BCUT2D eigenvalue weighted by Gasteiger charge is -2.39. The molecule has 9 N–H and O–H groups in total. The molecule has 0 saturated carbocycles. The Morgan fingerprint density at radius 3 is 2.61 bits per heavy atom. The van der Waals surface area contributed by atoms with E-state index in [4.69, 9.17) is 38.3 Å². The van der Waals surface area contributed by atoms with Crippen LogP contribution in [0, 0.1) is 28.6 Å². The van der Waals surface area contributed by atoms with Crippen LogP contribution in [0.4, 0.5) is 27.9 Å². The van der Waals surface area contributed by atoms with E-state index in [1.807, 2.05) is 13.0 Å². The second kappa shape index (κ2) is 18.5. The fourth-order valence-corrected chi connectivity index (χ4v) is 5.77. The summed E-state index contributed by atoms with van der Waals surface area (Å²) >= 11 is 6.97. The van der Waals surface area contributed by atoms with Crippen molar-refractivity contribution < 1.29 is 23.9 Å². The Morgan fingerprint density at radius 1 is 1.20 bits per heavy atom. The number of aliphatic imine (C=N–C) groups is 2. The second-order valence-electron chi connectivity index (χ2n) is 12.4. The van der Waals surface area contributed by atoms with Gasteiger partial charge in [-0.2, -0.15) is 20.0 Å². The number of anilines is 4. The highest BCUT2D eigenvalue weighted by molar-refractivity contribution is 6.39. The Morgan fingerprint density at radius 2 is 1.96 bits per heavy atom. The first-order valence-electron chi connectivity index (χ1n) is 16.9. The summed E-state index contributed by atoms with van der Waals surface area (Å²) in [6, 6.07) is 5.54. The summed E-state index contributed by atoms with van der Waals surface area (Å²) in [5, 5.41) is 33.0. The van der Waals surface area contributed by atoms with Crippen molar-refractivity contribution in [1.82, 2.24) is 24.9 Å². The summed E-state index contributed by atoms with van der Waals surface area (Å²) < 4.78 is 12.1. The number of imidazole rings is 1. The number of halogens is 1. The average molecular weight is 764 g/mol. The van der Waals surface area contributed by atoms with E-state index in [-0.39, 0.29) is 65.5 Å². The van der Waals surface area contributed by atoms with E-state index < -0.39 is 42.1 Å². The number of nitriles is 2. The molecule has 0 radical (unpaired) electrons. The Bertz CT molecular complexity index is 2010. The van der Waals surface area contributed by atoms with Crippen molar-refractivity contribution >= 4 is 70.0 Å². The Labute approximate surface area is 315 Å². The third kappa shape index (κ3) is 9.99. The smallest absolute Gasteiger partial charge is 0.407 e. The highest BCUT2D eigenvalue weighted by Gasteiger charge is 2.36. The molecule has 3 aromatic rings. The molecule has 54 heavy (non-hydrogen) atoms. The number of hydrogen-bond acceptors (Lipinski definition) is 15. The highest BCUT2D eigenvalue weighted by atomic mass is 35.5. The number of alkyl carbamates (subject to hydrolysis) is 1. The average Bonchev–Trinajstić information content (AvgIpc) is 3.56. The van der Waals surface area contributed by atoms with Gasteiger partial charge < -0.3 is 47.5 Å². The molecule has 2 aromatic heterocycles. The molecule has 2 amide bonds. The molecule has 21 heteroatoms. The van der Waals surface area contributed by atoms with Gasteiger partial charge in [0.15, 0.2) is 23.1 Å². The first kappa shape index (κ1) is 40.5. The number of hydrogen-bond donors (Lipinski definition) is 6. The monoisotopic (exact) mass is 763 g/mol. The summed E-state index contributed by atoms with van der Waals surface area (Å²) in [5.41, 5.74) is 18.0. The standard InChI is InChI=1S/C33H42ClN15O5/c1-5-40-27-28-42-15-19(14-36)49(28)47-32(46-27)43-22-11-18(13-35)12-23(25(22)34)48-10-8-21(44-33(52)53-4)24(16-48)54-30(51)26(17(2)3)45-29(50)20(37)7-6-9-41-31(38)39/h11-12,15,17,20-21,24H,5-10,16,37H2,1-4H3,(H,44,52)(H4,38,39,41)(H2,40,43,46,47)/t20-,21+,24?/m0/s1. The summed E-state index contributed by atoms with van der Waals surface area (Å²) in [5.74, 6) is -1.78. The van der Waals surface area contributed by atoms with E-state index in [1.165, 1.54) is 23.9 Å². The molecule has 3 heterocycles. The maximum Gasteiger partial charge on any atom is 0.407 e. The zero-order valence-electron chi connectivity index (χ0n) is 30.2. The van der Waals surface area contributed by atoms with Crippen LogP contribution in [0.15, 0.2) is 28.3 Å². The van der Waals surface area contributed by atoms with Gasteiger partial charge in [0.25, 0.3) is 5.91 Å². The van der Waals surface area contributed by atoms with Crippen LogP contribution in [-0.2, 0) is 19.1 Å². The quantitative estimate of drug-likeness (QED) is 0.0587. The van der Waals surface area contributed by atoms with Gasteiger partial charge in [0.2, 0.25) is 5.95 Å². The molecule has 0 spiro atoms. The fourth-order valence-electron chi connectivity index (χ4n) is 5.49. The number of nitrogens with one attached hydrogen (secondary N) is 3. The number of ether oxygens (including phenoxy) is 2. The van der Waals surface area contributed by atoms with E-state index in [0.29, 0.717) is 36.7 Å². The topological polar surface area (TPSA) is 302 Å². The van der Waals surface area contributed by atoms with Gasteiger partial charge in [-0.05, 0) is 38.3 Å². The maximum absolute atomic E-state index is 13.6. The summed E-state index contributed by atoms with van der Waals surface area (Å²) in [4.78, 5) is 57.3. The van der Waals surface area contributed by atoms with Crippen molar-refractivity contribution in [2.75, 3.05) is 48.8 Å². The first-order valence-corrected chi connectivity index (χ1v) is 17.3. The number of benzene rings is 1. The molecule has 0 bridgehead atoms. The number of nitrogens with zero attached hydrogens (tertiary/aromatic N) is 9. The zero-order chi connectivity index (χ0) is 39.5. The van der Waals surface area contributed by atoms with Crippen LogP contribution in [0.2, 0.25) is 5.02 Å². The van der Waals surface area contributed by atoms with Crippen LogP contribution in [0.3, 0.4) is 0 Å². The molecular weight excluding hydrogens is 722 g/mol. The normalized spacial score (nSPS) is 16.2. The SMILES string of the molecule is CCNc1nc(Nc2cc(C#N)cc(N3CC[C@@H](NC(=O)OC)C(OC(=O)C(=NC(=O)[C@@H](N)CCCN=C(N)N)C(C)C)C3)c2Cl)nn2c(C#N)cnc12. The number of methoxy groups -OCH3 is 1. The minimum absolute atomic E-state index is 0.00562. The summed E-state index contributed by atoms with van der Waals surface area (Å²) in [6.07, 6.45) is 0.551. The number of aromatic nitrogens is 4. The summed E-state index contributed by atoms with van der Waals surface area (Å²) in [7, 11) is 1.21. The fraction of sp³-hybridized carbons (Fsp3) is 0.455. The molecule has 1 aliphatic rings. The van der Waals surface area contributed by atoms with Crippen molar-refractivity contribution in [3.63, 3.8) is 0 Å². The number of amides is 2. The molecule has 4 rings (SSSR count). The van der Waals surface area contributed by atoms with Crippen LogP contribution < -0.4 is 38.1 Å². The minimum Gasteiger partial charge on any atom is -0.454 e. The van der Waals surface area contributed by atoms with E-state index in [9.17, 15) is 24.9 Å². The van der Waals surface area contributed by atoms with Gasteiger partial charge in [0.05, 0.1) is 60.0 Å². The molecule has 3 atom stereocenters. The van der Waals surface area contributed by atoms with Crippen LogP contribution in [-0.4, -0.2) is 101 Å².